The van der Waals surface area contributed by atoms with Crippen molar-refractivity contribution in [1.29, 1.82) is 0 Å². The Hall–Kier alpha value is -3.99. The van der Waals surface area contributed by atoms with Crippen LogP contribution in [-0.4, -0.2) is 56.9 Å². The van der Waals surface area contributed by atoms with Crippen LogP contribution >= 0.6 is 11.3 Å². The van der Waals surface area contributed by atoms with Crippen LogP contribution < -0.4 is 5.32 Å². The number of imidazole rings is 1. The lowest BCUT2D eigenvalue weighted by molar-refractivity contribution is 0.0507. The second-order valence-corrected chi connectivity index (χ2v) is 9.41. The van der Waals surface area contributed by atoms with E-state index < -0.39 is 11.9 Å². The molecule has 5 rings (SSSR count). The number of thiazole rings is 1. The SMILES string of the molecule is CCOC(=O)c1nc(NC(=O)c2csc(C3CCN(C(=O)c4cc5ccccc5o4)CC3)n2)cn1C. The summed E-state index contributed by atoms with van der Waals surface area (Å²) in [7, 11) is 1.65. The highest BCUT2D eigenvalue weighted by Crippen LogP contribution is 2.31. The average Bonchev–Trinajstić information content (AvgIpc) is 3.62. The number of piperidine rings is 1. The summed E-state index contributed by atoms with van der Waals surface area (Å²) in [6.45, 7) is 3.13. The zero-order valence-corrected chi connectivity index (χ0v) is 20.7. The number of anilines is 1. The molecule has 1 N–H and O–H groups in total. The molecule has 2 amide bonds. The van der Waals surface area contributed by atoms with Crippen LogP contribution in [0, 0.1) is 0 Å². The number of carbonyl (C=O) groups excluding carboxylic acids is 3. The van der Waals surface area contributed by atoms with Crippen LogP contribution in [0.1, 0.15) is 62.4 Å². The first-order chi connectivity index (χ1) is 17.4. The Bertz CT molecular complexity index is 1400. The number of aryl methyl sites for hydroxylation is 1. The minimum atomic E-state index is -0.554. The predicted molar refractivity (Wildman–Crippen MR) is 133 cm³/mol. The number of ether oxygens (including phenoxy) is 1. The van der Waals surface area contributed by atoms with E-state index in [9.17, 15) is 14.4 Å². The largest absolute Gasteiger partial charge is 0.460 e. The summed E-state index contributed by atoms with van der Waals surface area (Å²) in [5.41, 5.74) is 0.992. The summed E-state index contributed by atoms with van der Waals surface area (Å²) < 4.78 is 12.2. The van der Waals surface area contributed by atoms with E-state index in [0.717, 1.165) is 23.2 Å². The van der Waals surface area contributed by atoms with Crippen LogP contribution in [-0.2, 0) is 11.8 Å². The van der Waals surface area contributed by atoms with E-state index in [-0.39, 0.29) is 30.1 Å². The number of esters is 1. The Morgan fingerprint density at radius 1 is 1.19 bits per heavy atom. The lowest BCUT2D eigenvalue weighted by Gasteiger charge is -2.30. The number of nitrogens with zero attached hydrogens (tertiary/aromatic N) is 4. The standard InChI is InChI=1S/C25H25N5O5S/c1-3-34-25(33)21-27-20(13-29(21)2)28-22(31)17-14-36-23(26-17)15-8-10-30(11-9-15)24(32)19-12-16-6-4-5-7-18(16)35-19/h4-7,12-15H,3,8-11H2,1-2H3,(H,28,31). The third-order valence-electron chi connectivity index (χ3n) is 6.10. The Kier molecular flexibility index (Phi) is 6.55. The van der Waals surface area contributed by atoms with Gasteiger partial charge in [0.2, 0.25) is 5.82 Å². The maximum Gasteiger partial charge on any atom is 0.374 e. The molecule has 0 saturated carbocycles. The Balaban J connectivity index is 1.18. The van der Waals surface area contributed by atoms with E-state index >= 15 is 0 Å². The van der Waals surface area contributed by atoms with Gasteiger partial charge in [0, 0.05) is 43.0 Å². The highest BCUT2D eigenvalue weighted by atomic mass is 32.1. The minimum absolute atomic E-state index is 0.107. The predicted octanol–water partition coefficient (Wildman–Crippen LogP) is 4.07. The third kappa shape index (κ3) is 4.74. The number of aromatic nitrogens is 3. The maximum absolute atomic E-state index is 12.9. The average molecular weight is 508 g/mol. The van der Waals surface area contributed by atoms with Gasteiger partial charge in [-0.15, -0.1) is 11.3 Å². The summed E-state index contributed by atoms with van der Waals surface area (Å²) in [6.07, 6.45) is 3.06. The van der Waals surface area contributed by atoms with Gasteiger partial charge >= 0.3 is 5.97 Å². The molecule has 1 aliphatic heterocycles. The van der Waals surface area contributed by atoms with Gasteiger partial charge in [0.1, 0.15) is 11.3 Å². The molecule has 0 unspecified atom stereocenters. The van der Waals surface area contributed by atoms with Crippen molar-refractivity contribution in [2.45, 2.75) is 25.7 Å². The molecule has 4 heterocycles. The Labute approximate surface area is 210 Å². The lowest BCUT2D eigenvalue weighted by atomic mass is 9.97. The molecule has 0 atom stereocenters. The minimum Gasteiger partial charge on any atom is -0.460 e. The summed E-state index contributed by atoms with van der Waals surface area (Å²) in [6, 6.07) is 9.35. The number of hydrogen-bond donors (Lipinski definition) is 1. The van der Waals surface area contributed by atoms with Gasteiger partial charge in [0.15, 0.2) is 11.6 Å². The van der Waals surface area contributed by atoms with E-state index in [0.29, 0.717) is 30.1 Å². The zero-order chi connectivity index (χ0) is 25.2. The molecule has 0 bridgehead atoms. The van der Waals surface area contributed by atoms with Crippen molar-refractivity contribution >= 4 is 45.9 Å². The second kappa shape index (κ2) is 9.94. The van der Waals surface area contributed by atoms with Gasteiger partial charge in [-0.05, 0) is 31.9 Å². The van der Waals surface area contributed by atoms with Gasteiger partial charge in [0.25, 0.3) is 11.8 Å². The van der Waals surface area contributed by atoms with E-state index in [4.69, 9.17) is 9.15 Å². The smallest absolute Gasteiger partial charge is 0.374 e. The van der Waals surface area contributed by atoms with E-state index in [1.165, 1.54) is 15.9 Å². The van der Waals surface area contributed by atoms with Crippen LogP contribution in [0.4, 0.5) is 5.82 Å². The van der Waals surface area contributed by atoms with Gasteiger partial charge in [-0.25, -0.2) is 14.8 Å². The number of fused-ring (bicyclic) bond motifs is 1. The molecule has 1 fully saturated rings. The topological polar surface area (TPSA) is 120 Å². The van der Waals surface area contributed by atoms with Crippen LogP contribution in [0.5, 0.6) is 0 Å². The van der Waals surface area contributed by atoms with Crippen molar-refractivity contribution in [3.05, 3.63) is 64.2 Å². The van der Waals surface area contributed by atoms with Gasteiger partial charge in [-0.1, -0.05) is 18.2 Å². The second-order valence-electron chi connectivity index (χ2n) is 8.52. The number of amides is 2. The number of nitrogens with one attached hydrogen (secondary N) is 1. The molecule has 1 aliphatic rings. The van der Waals surface area contributed by atoms with Crippen molar-refractivity contribution in [3.8, 4) is 0 Å². The normalized spacial score (nSPS) is 14.2. The first-order valence-electron chi connectivity index (χ1n) is 11.7. The molecular formula is C25H25N5O5S. The molecule has 0 aliphatic carbocycles. The Morgan fingerprint density at radius 3 is 2.72 bits per heavy atom. The third-order valence-corrected chi connectivity index (χ3v) is 7.11. The molecule has 4 aromatic rings. The Morgan fingerprint density at radius 2 is 1.97 bits per heavy atom. The van der Waals surface area contributed by atoms with Gasteiger partial charge in [0.05, 0.1) is 11.6 Å². The first-order valence-corrected chi connectivity index (χ1v) is 12.6. The molecule has 186 valence electrons. The summed E-state index contributed by atoms with van der Waals surface area (Å²) >= 11 is 1.43. The van der Waals surface area contributed by atoms with Crippen molar-refractivity contribution in [2.75, 3.05) is 25.0 Å². The van der Waals surface area contributed by atoms with E-state index in [2.05, 4.69) is 15.3 Å². The maximum atomic E-state index is 12.9. The number of carbonyl (C=O) groups is 3. The van der Waals surface area contributed by atoms with Crippen molar-refractivity contribution < 1.29 is 23.5 Å². The summed E-state index contributed by atoms with van der Waals surface area (Å²) in [5, 5.41) is 6.17. The molecule has 3 aromatic heterocycles. The van der Waals surface area contributed by atoms with Crippen LogP contribution in [0.2, 0.25) is 0 Å². The van der Waals surface area contributed by atoms with Crippen LogP contribution in [0.15, 0.2) is 46.3 Å². The molecule has 1 aromatic carbocycles. The lowest BCUT2D eigenvalue weighted by Crippen LogP contribution is -2.37. The number of furan rings is 1. The van der Waals surface area contributed by atoms with Crippen LogP contribution in [0.3, 0.4) is 0 Å². The van der Waals surface area contributed by atoms with Gasteiger partial charge in [-0.3, -0.25) is 9.59 Å². The summed E-state index contributed by atoms with van der Waals surface area (Å²) in [4.78, 5) is 48.0. The highest BCUT2D eigenvalue weighted by molar-refractivity contribution is 7.10. The fourth-order valence-corrected chi connectivity index (χ4v) is 5.22. The molecule has 10 nitrogen and oxygen atoms in total. The number of para-hydroxylation sites is 1. The fraction of sp³-hybridized carbons (Fsp3) is 0.320. The quantitative estimate of drug-likeness (QED) is 0.391. The number of benzene rings is 1. The van der Waals surface area contributed by atoms with Gasteiger partial charge < -0.3 is 23.9 Å². The molecule has 0 radical (unpaired) electrons. The monoisotopic (exact) mass is 507 g/mol. The van der Waals surface area contributed by atoms with E-state index in [1.54, 1.807) is 36.5 Å². The number of rotatable bonds is 6. The van der Waals surface area contributed by atoms with E-state index in [1.807, 2.05) is 24.3 Å². The fourth-order valence-electron chi connectivity index (χ4n) is 4.24. The first kappa shape index (κ1) is 23.7. The summed E-state index contributed by atoms with van der Waals surface area (Å²) in [5.74, 6) is -0.191. The van der Waals surface area contributed by atoms with Crippen LogP contribution in [0.25, 0.3) is 11.0 Å². The molecule has 36 heavy (non-hydrogen) atoms. The molecular weight excluding hydrogens is 482 g/mol. The van der Waals surface area contributed by atoms with Crippen molar-refractivity contribution in [1.82, 2.24) is 19.4 Å². The number of likely N-dealkylation sites (tertiary alicyclic amines) is 1. The highest BCUT2D eigenvalue weighted by Gasteiger charge is 2.28. The van der Waals surface area contributed by atoms with Gasteiger partial charge in [-0.2, -0.15) is 0 Å². The molecule has 1 saturated heterocycles. The van der Waals surface area contributed by atoms with Crippen molar-refractivity contribution in [3.63, 3.8) is 0 Å². The van der Waals surface area contributed by atoms with Crippen molar-refractivity contribution in [2.24, 2.45) is 7.05 Å². The zero-order valence-electron chi connectivity index (χ0n) is 19.9. The molecule has 0 spiro atoms. The number of hydrogen-bond acceptors (Lipinski definition) is 8. The molecule has 11 heteroatoms.